The van der Waals surface area contributed by atoms with Crippen LogP contribution in [0, 0.1) is 0 Å². The monoisotopic (exact) mass is 254 g/mol. The van der Waals surface area contributed by atoms with Gasteiger partial charge in [-0.2, -0.15) is 0 Å². The lowest BCUT2D eigenvalue weighted by Crippen LogP contribution is -2.30. The van der Waals surface area contributed by atoms with Gasteiger partial charge in [-0.15, -0.1) is 0 Å². The molecule has 2 rings (SSSR count). The zero-order chi connectivity index (χ0) is 12.3. The fourth-order valence-electron chi connectivity index (χ4n) is 2.22. The Morgan fingerprint density at radius 2 is 2.06 bits per heavy atom. The zero-order valence-corrected chi connectivity index (χ0v) is 11.2. The van der Waals surface area contributed by atoms with Crippen LogP contribution in [-0.4, -0.2) is 48.1 Å². The van der Waals surface area contributed by atoms with E-state index in [1.807, 2.05) is 0 Å². The average molecular weight is 255 g/mol. The SMILES string of the molecule is CCc1c(Cl)ncnc1N1CCCN(C)CC1. The van der Waals surface area contributed by atoms with Crippen molar-refractivity contribution >= 4 is 17.4 Å². The second-order valence-electron chi connectivity index (χ2n) is 4.46. The van der Waals surface area contributed by atoms with Gasteiger partial charge in [0.1, 0.15) is 17.3 Å². The highest BCUT2D eigenvalue weighted by Gasteiger charge is 2.17. The number of rotatable bonds is 2. The zero-order valence-electron chi connectivity index (χ0n) is 10.5. The number of aromatic nitrogens is 2. The molecule has 1 aliphatic heterocycles. The van der Waals surface area contributed by atoms with Crippen LogP contribution in [-0.2, 0) is 6.42 Å². The first-order valence-electron chi connectivity index (χ1n) is 6.15. The molecule has 94 valence electrons. The van der Waals surface area contributed by atoms with E-state index in [1.54, 1.807) is 6.33 Å². The van der Waals surface area contributed by atoms with Crippen molar-refractivity contribution in [3.63, 3.8) is 0 Å². The first-order valence-corrected chi connectivity index (χ1v) is 6.53. The number of halogens is 1. The summed E-state index contributed by atoms with van der Waals surface area (Å²) < 4.78 is 0. The van der Waals surface area contributed by atoms with Crippen LogP contribution in [0.5, 0.6) is 0 Å². The highest BCUT2D eigenvalue weighted by molar-refractivity contribution is 6.30. The Hall–Kier alpha value is -0.870. The van der Waals surface area contributed by atoms with E-state index in [1.165, 1.54) is 6.42 Å². The van der Waals surface area contributed by atoms with E-state index in [0.717, 1.165) is 44.0 Å². The molecule has 0 bridgehead atoms. The normalized spacial score (nSPS) is 18.2. The van der Waals surface area contributed by atoms with E-state index in [9.17, 15) is 0 Å². The number of hydrogen-bond donors (Lipinski definition) is 0. The predicted octanol–water partition coefficient (Wildman–Crippen LogP) is 1.83. The van der Waals surface area contributed by atoms with Crippen LogP contribution in [0.15, 0.2) is 6.33 Å². The van der Waals surface area contributed by atoms with Crippen LogP contribution in [0.2, 0.25) is 5.15 Å². The van der Waals surface area contributed by atoms with Crippen LogP contribution in [0.4, 0.5) is 5.82 Å². The van der Waals surface area contributed by atoms with Crippen LogP contribution in [0.1, 0.15) is 18.9 Å². The Balaban J connectivity index is 2.23. The molecule has 1 aliphatic rings. The van der Waals surface area contributed by atoms with Gasteiger partial charge in [0.15, 0.2) is 0 Å². The van der Waals surface area contributed by atoms with Crippen molar-refractivity contribution in [2.45, 2.75) is 19.8 Å². The fraction of sp³-hybridized carbons (Fsp3) is 0.667. The molecule has 1 saturated heterocycles. The van der Waals surface area contributed by atoms with Crippen LogP contribution < -0.4 is 4.90 Å². The summed E-state index contributed by atoms with van der Waals surface area (Å²) in [7, 11) is 2.16. The molecule has 0 unspecified atom stereocenters. The molecule has 0 amide bonds. The van der Waals surface area contributed by atoms with Gasteiger partial charge in [0.05, 0.1) is 0 Å². The van der Waals surface area contributed by atoms with Crippen LogP contribution in [0.25, 0.3) is 0 Å². The molecule has 0 aliphatic carbocycles. The van der Waals surface area contributed by atoms with Crippen molar-refractivity contribution in [2.24, 2.45) is 0 Å². The van der Waals surface area contributed by atoms with Crippen LogP contribution >= 0.6 is 11.6 Å². The number of hydrogen-bond acceptors (Lipinski definition) is 4. The second kappa shape index (κ2) is 5.65. The van der Waals surface area contributed by atoms with Crippen molar-refractivity contribution in [1.29, 1.82) is 0 Å². The van der Waals surface area contributed by atoms with Gasteiger partial charge in [0.2, 0.25) is 0 Å². The standard InChI is InChI=1S/C12H19ClN4/c1-3-10-11(13)14-9-15-12(10)17-6-4-5-16(2)7-8-17/h9H,3-8H2,1-2H3. The molecule has 0 atom stereocenters. The molecule has 0 aromatic carbocycles. The molecule has 2 heterocycles. The van der Waals surface area contributed by atoms with Gasteiger partial charge >= 0.3 is 0 Å². The third-order valence-electron chi connectivity index (χ3n) is 3.24. The highest BCUT2D eigenvalue weighted by atomic mass is 35.5. The predicted molar refractivity (Wildman–Crippen MR) is 70.7 cm³/mol. The van der Waals surface area contributed by atoms with Gasteiger partial charge in [-0.25, -0.2) is 9.97 Å². The number of likely N-dealkylation sites (N-methyl/N-ethyl adjacent to an activating group) is 1. The molecule has 1 aromatic rings. The minimum atomic E-state index is 0.593. The van der Waals surface area contributed by atoms with Gasteiger partial charge < -0.3 is 9.80 Å². The number of anilines is 1. The minimum Gasteiger partial charge on any atom is -0.355 e. The summed E-state index contributed by atoms with van der Waals surface area (Å²) in [5.41, 5.74) is 1.07. The lowest BCUT2D eigenvalue weighted by Gasteiger charge is -2.23. The first kappa shape index (κ1) is 12.6. The van der Waals surface area contributed by atoms with Gasteiger partial charge in [-0.1, -0.05) is 18.5 Å². The summed E-state index contributed by atoms with van der Waals surface area (Å²) in [6, 6.07) is 0. The van der Waals surface area contributed by atoms with E-state index >= 15 is 0 Å². The quantitative estimate of drug-likeness (QED) is 0.754. The Labute approximate surface area is 108 Å². The third-order valence-corrected chi connectivity index (χ3v) is 3.57. The van der Waals surface area contributed by atoms with E-state index in [4.69, 9.17) is 11.6 Å². The summed E-state index contributed by atoms with van der Waals surface area (Å²) in [6.07, 6.45) is 3.61. The summed E-state index contributed by atoms with van der Waals surface area (Å²) in [6.45, 7) is 6.38. The summed E-state index contributed by atoms with van der Waals surface area (Å²) in [5.74, 6) is 1.02. The van der Waals surface area contributed by atoms with Crippen molar-refractivity contribution < 1.29 is 0 Å². The van der Waals surface area contributed by atoms with Gasteiger partial charge in [0, 0.05) is 25.2 Å². The Morgan fingerprint density at radius 3 is 2.82 bits per heavy atom. The highest BCUT2D eigenvalue weighted by Crippen LogP contribution is 2.24. The topological polar surface area (TPSA) is 32.3 Å². The molecular formula is C12H19ClN4. The van der Waals surface area contributed by atoms with E-state index in [0.29, 0.717) is 5.15 Å². The molecule has 1 fully saturated rings. The van der Waals surface area contributed by atoms with Gasteiger partial charge in [-0.05, 0) is 26.4 Å². The molecule has 0 N–H and O–H groups in total. The lowest BCUT2D eigenvalue weighted by atomic mass is 10.2. The molecule has 0 saturated carbocycles. The maximum absolute atomic E-state index is 6.13. The smallest absolute Gasteiger partial charge is 0.137 e. The van der Waals surface area contributed by atoms with E-state index < -0.39 is 0 Å². The van der Waals surface area contributed by atoms with E-state index in [-0.39, 0.29) is 0 Å². The van der Waals surface area contributed by atoms with Crippen LogP contribution in [0.3, 0.4) is 0 Å². The van der Waals surface area contributed by atoms with Gasteiger partial charge in [0.25, 0.3) is 0 Å². The van der Waals surface area contributed by atoms with Gasteiger partial charge in [-0.3, -0.25) is 0 Å². The molecule has 1 aromatic heterocycles. The second-order valence-corrected chi connectivity index (χ2v) is 4.82. The average Bonchev–Trinajstić information content (AvgIpc) is 2.54. The van der Waals surface area contributed by atoms with E-state index in [2.05, 4.69) is 33.7 Å². The number of nitrogens with zero attached hydrogens (tertiary/aromatic N) is 4. The fourth-order valence-corrected chi connectivity index (χ4v) is 2.48. The maximum Gasteiger partial charge on any atom is 0.137 e. The summed E-state index contributed by atoms with van der Waals surface area (Å²) >= 11 is 6.13. The molecule has 17 heavy (non-hydrogen) atoms. The van der Waals surface area contributed by atoms with Crippen molar-refractivity contribution in [2.75, 3.05) is 38.1 Å². The molecule has 4 nitrogen and oxygen atoms in total. The molecular weight excluding hydrogens is 236 g/mol. The minimum absolute atomic E-state index is 0.593. The lowest BCUT2D eigenvalue weighted by molar-refractivity contribution is 0.360. The summed E-state index contributed by atoms with van der Waals surface area (Å²) in [4.78, 5) is 13.2. The van der Waals surface area contributed by atoms with Crippen molar-refractivity contribution in [3.05, 3.63) is 17.0 Å². The largest absolute Gasteiger partial charge is 0.355 e. The molecule has 0 radical (unpaired) electrons. The first-order chi connectivity index (χ1) is 8.22. The van der Waals surface area contributed by atoms with Crippen molar-refractivity contribution in [3.8, 4) is 0 Å². The summed E-state index contributed by atoms with van der Waals surface area (Å²) in [5, 5.41) is 0.593. The van der Waals surface area contributed by atoms with Crippen molar-refractivity contribution in [1.82, 2.24) is 14.9 Å². The maximum atomic E-state index is 6.13. The molecule has 5 heteroatoms. The molecule has 0 spiro atoms. The Bertz CT molecular complexity index is 383. The Kier molecular flexibility index (Phi) is 4.18. The third kappa shape index (κ3) is 2.87. The Morgan fingerprint density at radius 1 is 1.24 bits per heavy atom.